The predicted octanol–water partition coefficient (Wildman–Crippen LogP) is 3.78. The van der Waals surface area contributed by atoms with Crippen LogP contribution in [-0.4, -0.2) is 0 Å². The van der Waals surface area contributed by atoms with Gasteiger partial charge in [0.05, 0.1) is 0 Å². The van der Waals surface area contributed by atoms with Crippen molar-refractivity contribution in [3.63, 3.8) is 0 Å². The second kappa shape index (κ2) is 3.42. The Kier molecular flexibility index (Phi) is 2.75. The quantitative estimate of drug-likeness (QED) is 0.538. The van der Waals surface area contributed by atoms with Crippen LogP contribution in [-0.2, 0) is 0 Å². The molecule has 0 aromatic rings. The Balaban J connectivity index is 2.36. The number of allylic oxidation sites excluding steroid dienone is 2. The molecule has 0 aromatic carbocycles. The van der Waals surface area contributed by atoms with Crippen LogP contribution < -0.4 is 0 Å². The summed E-state index contributed by atoms with van der Waals surface area (Å²) in [7, 11) is 0. The van der Waals surface area contributed by atoms with Crippen molar-refractivity contribution >= 4 is 0 Å². The minimum atomic E-state index is 0.607. The summed E-state index contributed by atoms with van der Waals surface area (Å²) in [5.74, 6) is 0.903. The Morgan fingerprint density at radius 2 is 1.91 bits per heavy atom. The maximum atomic E-state index is 2.42. The SMILES string of the molecule is CCC(C)(CC)CC1C=CC1. The Morgan fingerprint density at radius 3 is 2.18 bits per heavy atom. The van der Waals surface area contributed by atoms with Gasteiger partial charge in [-0.05, 0) is 24.2 Å². The van der Waals surface area contributed by atoms with E-state index in [-0.39, 0.29) is 0 Å². The van der Waals surface area contributed by atoms with Gasteiger partial charge in [0, 0.05) is 0 Å². The van der Waals surface area contributed by atoms with Gasteiger partial charge in [0.1, 0.15) is 0 Å². The molecular weight excluding hydrogens is 132 g/mol. The number of hydrogen-bond acceptors (Lipinski definition) is 0. The Morgan fingerprint density at radius 1 is 1.36 bits per heavy atom. The molecule has 0 heteroatoms. The largest absolute Gasteiger partial charge is 0.0877 e. The molecule has 1 rings (SSSR count). The monoisotopic (exact) mass is 152 g/mol. The molecule has 0 saturated carbocycles. The molecule has 11 heavy (non-hydrogen) atoms. The van der Waals surface area contributed by atoms with E-state index in [2.05, 4.69) is 32.9 Å². The van der Waals surface area contributed by atoms with E-state index in [0.29, 0.717) is 5.41 Å². The van der Waals surface area contributed by atoms with Crippen molar-refractivity contribution in [2.24, 2.45) is 11.3 Å². The van der Waals surface area contributed by atoms with E-state index in [1.165, 1.54) is 25.7 Å². The van der Waals surface area contributed by atoms with Crippen molar-refractivity contribution in [1.82, 2.24) is 0 Å². The zero-order valence-corrected chi connectivity index (χ0v) is 8.06. The fourth-order valence-electron chi connectivity index (χ4n) is 1.65. The molecule has 0 bridgehead atoms. The Bertz CT molecular complexity index is 140. The standard InChI is InChI=1S/C11H20/c1-4-11(3,5-2)9-10-7-6-8-10/h6-7,10H,4-5,8-9H2,1-3H3. The summed E-state index contributed by atoms with van der Waals surface area (Å²) in [4.78, 5) is 0. The van der Waals surface area contributed by atoms with Crippen LogP contribution in [0.3, 0.4) is 0 Å². The Labute approximate surface area is 70.7 Å². The molecule has 1 aliphatic rings. The maximum absolute atomic E-state index is 2.42. The fraction of sp³-hybridized carbons (Fsp3) is 0.818. The minimum Gasteiger partial charge on any atom is -0.0877 e. The number of rotatable bonds is 4. The highest BCUT2D eigenvalue weighted by Gasteiger charge is 2.24. The van der Waals surface area contributed by atoms with Gasteiger partial charge in [-0.15, -0.1) is 0 Å². The lowest BCUT2D eigenvalue weighted by molar-refractivity contribution is 0.234. The maximum Gasteiger partial charge on any atom is -0.0194 e. The van der Waals surface area contributed by atoms with Gasteiger partial charge in [0.2, 0.25) is 0 Å². The molecule has 0 heterocycles. The van der Waals surface area contributed by atoms with Gasteiger partial charge in [-0.2, -0.15) is 0 Å². The predicted molar refractivity (Wildman–Crippen MR) is 50.6 cm³/mol. The van der Waals surface area contributed by atoms with Crippen molar-refractivity contribution in [2.75, 3.05) is 0 Å². The highest BCUT2D eigenvalue weighted by molar-refractivity contribution is 5.03. The zero-order chi connectivity index (χ0) is 8.32. The van der Waals surface area contributed by atoms with E-state index in [9.17, 15) is 0 Å². The van der Waals surface area contributed by atoms with Gasteiger partial charge >= 0.3 is 0 Å². The van der Waals surface area contributed by atoms with Crippen LogP contribution in [0.5, 0.6) is 0 Å². The van der Waals surface area contributed by atoms with E-state index in [1.54, 1.807) is 0 Å². The summed E-state index contributed by atoms with van der Waals surface area (Å²) in [6.45, 7) is 7.04. The highest BCUT2D eigenvalue weighted by Crippen LogP contribution is 2.37. The molecule has 1 unspecified atom stereocenters. The van der Waals surface area contributed by atoms with Crippen molar-refractivity contribution in [3.05, 3.63) is 12.2 Å². The van der Waals surface area contributed by atoms with Crippen molar-refractivity contribution in [3.8, 4) is 0 Å². The molecule has 64 valence electrons. The van der Waals surface area contributed by atoms with Crippen molar-refractivity contribution in [2.45, 2.75) is 46.5 Å². The third-order valence-electron chi connectivity index (χ3n) is 3.31. The first-order chi connectivity index (χ1) is 5.20. The molecule has 0 amide bonds. The van der Waals surface area contributed by atoms with E-state index in [1.807, 2.05) is 0 Å². The topological polar surface area (TPSA) is 0 Å². The summed E-state index contributed by atoms with van der Waals surface area (Å²) in [5, 5.41) is 0. The second-order valence-electron chi connectivity index (χ2n) is 4.15. The van der Waals surface area contributed by atoms with Crippen LogP contribution in [0.1, 0.15) is 46.5 Å². The molecule has 0 aliphatic heterocycles. The molecule has 0 spiro atoms. The van der Waals surface area contributed by atoms with Crippen LogP contribution in [0, 0.1) is 11.3 Å². The van der Waals surface area contributed by atoms with Crippen LogP contribution in [0.15, 0.2) is 12.2 Å². The first kappa shape index (κ1) is 8.83. The average Bonchev–Trinajstić information content (AvgIpc) is 1.97. The molecular formula is C11H20. The van der Waals surface area contributed by atoms with Crippen LogP contribution in [0.25, 0.3) is 0 Å². The van der Waals surface area contributed by atoms with E-state index in [0.717, 1.165) is 5.92 Å². The minimum absolute atomic E-state index is 0.607. The fourth-order valence-corrected chi connectivity index (χ4v) is 1.65. The zero-order valence-electron chi connectivity index (χ0n) is 8.06. The summed E-state index contributed by atoms with van der Waals surface area (Å²) in [5.41, 5.74) is 0.607. The van der Waals surface area contributed by atoms with E-state index >= 15 is 0 Å². The molecule has 0 N–H and O–H groups in total. The van der Waals surface area contributed by atoms with Gasteiger partial charge in [-0.3, -0.25) is 0 Å². The van der Waals surface area contributed by atoms with Gasteiger partial charge in [0.25, 0.3) is 0 Å². The third-order valence-corrected chi connectivity index (χ3v) is 3.31. The van der Waals surface area contributed by atoms with Crippen molar-refractivity contribution < 1.29 is 0 Å². The number of hydrogen-bond donors (Lipinski definition) is 0. The lowest BCUT2D eigenvalue weighted by Gasteiger charge is -2.32. The Hall–Kier alpha value is -0.260. The van der Waals surface area contributed by atoms with Crippen LogP contribution in [0.4, 0.5) is 0 Å². The molecule has 0 fully saturated rings. The van der Waals surface area contributed by atoms with Gasteiger partial charge in [-0.25, -0.2) is 0 Å². The summed E-state index contributed by atoms with van der Waals surface area (Å²) >= 11 is 0. The first-order valence-corrected chi connectivity index (χ1v) is 4.87. The summed E-state index contributed by atoms with van der Waals surface area (Å²) in [6.07, 6.45) is 10.0. The second-order valence-corrected chi connectivity index (χ2v) is 4.15. The normalized spacial score (nSPS) is 23.4. The van der Waals surface area contributed by atoms with Crippen LogP contribution >= 0.6 is 0 Å². The van der Waals surface area contributed by atoms with E-state index in [4.69, 9.17) is 0 Å². The summed E-state index contributed by atoms with van der Waals surface area (Å²) < 4.78 is 0. The lowest BCUT2D eigenvalue weighted by atomic mass is 9.73. The average molecular weight is 152 g/mol. The molecule has 0 saturated heterocycles. The highest BCUT2D eigenvalue weighted by atomic mass is 14.3. The van der Waals surface area contributed by atoms with Gasteiger partial charge in [0.15, 0.2) is 0 Å². The third kappa shape index (κ3) is 2.08. The van der Waals surface area contributed by atoms with Crippen LogP contribution in [0.2, 0.25) is 0 Å². The molecule has 0 aromatic heterocycles. The van der Waals surface area contributed by atoms with E-state index < -0.39 is 0 Å². The first-order valence-electron chi connectivity index (χ1n) is 4.87. The molecule has 0 nitrogen and oxygen atoms in total. The lowest BCUT2D eigenvalue weighted by Crippen LogP contribution is -2.20. The molecule has 1 aliphatic carbocycles. The van der Waals surface area contributed by atoms with Gasteiger partial charge in [-0.1, -0.05) is 45.8 Å². The smallest absolute Gasteiger partial charge is 0.0194 e. The molecule has 1 atom stereocenters. The molecule has 0 radical (unpaired) electrons. The summed E-state index contributed by atoms with van der Waals surface area (Å²) in [6, 6.07) is 0. The van der Waals surface area contributed by atoms with Crippen molar-refractivity contribution in [1.29, 1.82) is 0 Å². The van der Waals surface area contributed by atoms with Gasteiger partial charge < -0.3 is 0 Å².